The summed E-state index contributed by atoms with van der Waals surface area (Å²) >= 11 is 2.87. The van der Waals surface area contributed by atoms with Gasteiger partial charge in [0, 0.05) is 37.4 Å². The lowest BCUT2D eigenvalue weighted by atomic mass is 10.1. The number of ether oxygens (including phenoxy) is 5. The molecule has 0 aliphatic carbocycles. The van der Waals surface area contributed by atoms with E-state index < -0.39 is 5.60 Å². The van der Waals surface area contributed by atoms with Crippen molar-refractivity contribution >= 4 is 35.0 Å². The van der Waals surface area contributed by atoms with Gasteiger partial charge in [-0.2, -0.15) is 0 Å². The number of carbonyl (C=O) groups excluding carboxylic acids is 2. The van der Waals surface area contributed by atoms with Gasteiger partial charge in [-0.25, -0.2) is 4.98 Å². The van der Waals surface area contributed by atoms with Gasteiger partial charge in [0.15, 0.2) is 4.34 Å². The van der Waals surface area contributed by atoms with Gasteiger partial charge in [0.1, 0.15) is 5.60 Å². The van der Waals surface area contributed by atoms with Crippen LogP contribution in [-0.2, 0) is 34.2 Å². The van der Waals surface area contributed by atoms with E-state index in [0.717, 1.165) is 15.8 Å². The third-order valence-corrected chi connectivity index (χ3v) is 8.07. The van der Waals surface area contributed by atoms with Crippen molar-refractivity contribution in [1.29, 1.82) is 0 Å². The van der Waals surface area contributed by atoms with Crippen LogP contribution in [-0.4, -0.2) is 109 Å². The van der Waals surface area contributed by atoms with E-state index in [9.17, 15) is 9.59 Å². The number of esters is 1. The topological polar surface area (TPSA) is 127 Å². The molecule has 44 heavy (non-hydrogen) atoms. The van der Waals surface area contributed by atoms with Crippen molar-refractivity contribution < 1.29 is 33.3 Å². The lowest BCUT2D eigenvalue weighted by Crippen LogP contribution is -2.30. The second kappa shape index (κ2) is 18.8. The van der Waals surface area contributed by atoms with Crippen LogP contribution in [0.2, 0.25) is 0 Å². The molecule has 242 valence electrons. The molecule has 2 aromatic heterocycles. The number of imidazole rings is 1. The molecule has 0 fully saturated rings. The highest BCUT2D eigenvalue weighted by Crippen LogP contribution is 2.28. The van der Waals surface area contributed by atoms with Gasteiger partial charge in [0.05, 0.1) is 65.6 Å². The number of carbonyl (C=O) groups is 2. The number of aryl methyl sites for hydroxylation is 1. The fraction of sp³-hybridized carbons (Fsp3) is 0.567. The van der Waals surface area contributed by atoms with E-state index in [1.165, 1.54) is 22.5 Å². The Morgan fingerprint density at radius 3 is 2.23 bits per heavy atom. The number of hydrogen-bond acceptors (Lipinski definition) is 12. The van der Waals surface area contributed by atoms with Crippen LogP contribution in [0.5, 0.6) is 0 Å². The lowest BCUT2D eigenvalue weighted by molar-refractivity contribution is -0.156. The summed E-state index contributed by atoms with van der Waals surface area (Å²) in [4.78, 5) is 30.0. The van der Waals surface area contributed by atoms with Crippen molar-refractivity contribution in [2.45, 2.75) is 49.8 Å². The second-order valence-corrected chi connectivity index (χ2v) is 13.0. The highest BCUT2D eigenvalue weighted by atomic mass is 32.2. The van der Waals surface area contributed by atoms with Crippen molar-refractivity contribution in [2.75, 3.05) is 66.4 Å². The summed E-state index contributed by atoms with van der Waals surface area (Å²) in [6.45, 7) is 11.2. The Balaban J connectivity index is 1.18. The minimum Gasteiger partial charge on any atom is -0.460 e. The molecule has 0 aliphatic heterocycles. The number of aromatic nitrogens is 4. The van der Waals surface area contributed by atoms with Gasteiger partial charge in [-0.05, 0) is 51.0 Å². The number of nitrogens with zero attached hydrogens (tertiary/aromatic N) is 5. The maximum absolute atomic E-state index is 12.8. The average molecular weight is 650 g/mol. The summed E-state index contributed by atoms with van der Waals surface area (Å²) in [5.74, 6) is 0.285. The first-order chi connectivity index (χ1) is 21.1. The van der Waals surface area contributed by atoms with Crippen molar-refractivity contribution in [2.24, 2.45) is 0 Å². The van der Waals surface area contributed by atoms with Crippen LogP contribution in [0, 0.1) is 6.92 Å². The molecule has 0 N–H and O–H groups in total. The summed E-state index contributed by atoms with van der Waals surface area (Å²) < 4.78 is 29.8. The molecule has 0 atom stereocenters. The Kier molecular flexibility index (Phi) is 15.2. The Morgan fingerprint density at radius 2 is 1.61 bits per heavy atom. The fourth-order valence-electron chi connectivity index (χ4n) is 3.68. The molecule has 1 amide bonds. The third-order valence-electron chi connectivity index (χ3n) is 5.97. The molecule has 2 heterocycles. The number of amides is 1. The SMILES string of the molecule is Cc1cc(-n2ccnc2)ccc1CSc1nnc(C(=O)N(C)CCOCCOCCOCCOCCC(=O)OC(C)(C)C)s1. The van der Waals surface area contributed by atoms with Crippen LogP contribution in [0.3, 0.4) is 0 Å². The predicted molar refractivity (Wildman–Crippen MR) is 168 cm³/mol. The molecule has 14 heteroatoms. The Morgan fingerprint density at radius 1 is 0.955 bits per heavy atom. The van der Waals surface area contributed by atoms with E-state index in [0.29, 0.717) is 64.4 Å². The first-order valence-electron chi connectivity index (χ1n) is 14.4. The van der Waals surface area contributed by atoms with E-state index in [4.69, 9.17) is 23.7 Å². The van der Waals surface area contributed by atoms with Crippen molar-refractivity contribution in [1.82, 2.24) is 24.6 Å². The maximum atomic E-state index is 12.8. The summed E-state index contributed by atoms with van der Waals surface area (Å²) in [6.07, 6.45) is 5.67. The molecule has 0 spiro atoms. The first kappa shape index (κ1) is 35.6. The molecule has 0 radical (unpaired) electrons. The molecule has 12 nitrogen and oxygen atoms in total. The lowest BCUT2D eigenvalue weighted by Gasteiger charge is -2.19. The summed E-state index contributed by atoms with van der Waals surface area (Å²) in [7, 11) is 1.72. The Hall–Kier alpha value is -2.88. The molecule has 0 saturated carbocycles. The minimum absolute atomic E-state index is 0.180. The van der Waals surface area contributed by atoms with Gasteiger partial charge in [0.2, 0.25) is 5.01 Å². The quantitative estimate of drug-likeness (QED) is 0.0993. The molecule has 1 aromatic carbocycles. The van der Waals surface area contributed by atoms with Crippen molar-refractivity contribution in [3.8, 4) is 5.69 Å². The number of benzene rings is 1. The normalized spacial score (nSPS) is 11.6. The maximum Gasteiger partial charge on any atom is 0.308 e. The number of likely N-dealkylation sites (N-methyl/N-ethyl adjacent to an activating group) is 1. The zero-order valence-corrected chi connectivity index (χ0v) is 27.8. The highest BCUT2D eigenvalue weighted by molar-refractivity contribution is 8.00. The third kappa shape index (κ3) is 13.4. The molecule has 0 bridgehead atoms. The number of thioether (sulfide) groups is 1. The zero-order chi connectivity index (χ0) is 31.8. The van der Waals surface area contributed by atoms with Crippen LogP contribution in [0.15, 0.2) is 41.3 Å². The second-order valence-electron chi connectivity index (χ2n) is 10.8. The average Bonchev–Trinajstić information content (AvgIpc) is 3.68. The summed E-state index contributed by atoms with van der Waals surface area (Å²) in [5.41, 5.74) is 2.96. The van der Waals surface area contributed by atoms with Crippen LogP contribution in [0.25, 0.3) is 5.69 Å². The molecular formula is C30H43N5O7S2. The molecular weight excluding hydrogens is 606 g/mol. The van der Waals surface area contributed by atoms with E-state index in [-0.39, 0.29) is 18.3 Å². The van der Waals surface area contributed by atoms with E-state index in [1.807, 2.05) is 31.5 Å². The molecule has 0 aliphatic rings. The molecule has 3 aromatic rings. The molecule has 0 saturated heterocycles. The van der Waals surface area contributed by atoms with Crippen LogP contribution in [0.1, 0.15) is 48.1 Å². The van der Waals surface area contributed by atoms with Gasteiger partial charge in [0.25, 0.3) is 5.91 Å². The Bertz CT molecular complexity index is 1280. The number of hydrogen-bond donors (Lipinski definition) is 0. The van der Waals surface area contributed by atoms with Gasteiger partial charge in [-0.1, -0.05) is 29.2 Å². The zero-order valence-electron chi connectivity index (χ0n) is 26.2. The van der Waals surface area contributed by atoms with Crippen LogP contribution >= 0.6 is 23.1 Å². The minimum atomic E-state index is -0.484. The Labute approximate surface area is 267 Å². The van der Waals surface area contributed by atoms with Gasteiger partial charge in [-0.3, -0.25) is 9.59 Å². The van der Waals surface area contributed by atoms with E-state index >= 15 is 0 Å². The van der Waals surface area contributed by atoms with Crippen molar-refractivity contribution in [3.63, 3.8) is 0 Å². The van der Waals surface area contributed by atoms with E-state index in [1.54, 1.807) is 36.2 Å². The van der Waals surface area contributed by atoms with Crippen LogP contribution < -0.4 is 0 Å². The largest absolute Gasteiger partial charge is 0.460 e. The monoisotopic (exact) mass is 649 g/mol. The molecule has 3 rings (SSSR count). The van der Waals surface area contributed by atoms with Gasteiger partial charge < -0.3 is 33.2 Å². The molecule has 0 unspecified atom stereocenters. The summed E-state index contributed by atoms with van der Waals surface area (Å²) in [5, 5.41) is 8.66. The van der Waals surface area contributed by atoms with Crippen molar-refractivity contribution in [3.05, 3.63) is 53.1 Å². The highest BCUT2D eigenvalue weighted by Gasteiger charge is 2.18. The standard InChI is InChI=1S/C30H43N5O7S2/c1-23-20-25(35-10-9-31-22-35)7-6-24(23)21-43-29-33-32-27(44-29)28(37)34(5)11-13-39-15-17-41-19-18-40-16-14-38-12-8-26(36)42-30(2,3)4/h6-7,9-10,20,22H,8,11-19,21H2,1-5H3. The smallest absolute Gasteiger partial charge is 0.308 e. The summed E-state index contributed by atoms with van der Waals surface area (Å²) in [6, 6.07) is 6.30. The van der Waals surface area contributed by atoms with Crippen LogP contribution in [0.4, 0.5) is 0 Å². The number of rotatable bonds is 20. The fourth-order valence-corrected chi connectivity index (χ4v) is 5.61. The van der Waals surface area contributed by atoms with Gasteiger partial charge in [-0.15, -0.1) is 10.2 Å². The predicted octanol–water partition coefficient (Wildman–Crippen LogP) is 4.19. The van der Waals surface area contributed by atoms with Gasteiger partial charge >= 0.3 is 5.97 Å². The first-order valence-corrected chi connectivity index (χ1v) is 16.2. The van der Waals surface area contributed by atoms with E-state index in [2.05, 4.69) is 40.3 Å².